The molecule has 1 amide bonds. The van der Waals surface area contributed by atoms with E-state index in [-0.39, 0.29) is 17.9 Å². The molecule has 3 unspecified atom stereocenters. The Labute approximate surface area is 118 Å². The lowest BCUT2D eigenvalue weighted by Gasteiger charge is -2.19. The summed E-state index contributed by atoms with van der Waals surface area (Å²) in [6, 6.07) is 3.54. The molecule has 1 aromatic rings. The van der Waals surface area contributed by atoms with Crippen LogP contribution in [0.15, 0.2) is 24.5 Å². The van der Waals surface area contributed by atoms with Gasteiger partial charge in [-0.2, -0.15) is 0 Å². The van der Waals surface area contributed by atoms with Crippen molar-refractivity contribution in [2.75, 3.05) is 0 Å². The molecule has 1 aliphatic carbocycles. The molecule has 20 heavy (non-hydrogen) atoms. The number of amides is 1. The first-order valence-electron chi connectivity index (χ1n) is 6.92. The van der Waals surface area contributed by atoms with Crippen LogP contribution in [0.4, 0.5) is 0 Å². The molecule has 0 radical (unpaired) electrons. The van der Waals surface area contributed by atoms with Gasteiger partial charge >= 0.3 is 5.97 Å². The van der Waals surface area contributed by atoms with E-state index in [9.17, 15) is 14.7 Å². The Morgan fingerprint density at radius 2 is 2.10 bits per heavy atom. The number of nitrogens with zero attached hydrogens (tertiary/aromatic N) is 1. The first-order chi connectivity index (χ1) is 9.49. The molecule has 2 rings (SSSR count). The van der Waals surface area contributed by atoms with Crippen molar-refractivity contribution in [1.29, 1.82) is 0 Å². The van der Waals surface area contributed by atoms with Crippen LogP contribution in [0.3, 0.4) is 0 Å². The zero-order valence-electron chi connectivity index (χ0n) is 11.7. The number of nitrogens with one attached hydrogen (secondary N) is 1. The van der Waals surface area contributed by atoms with E-state index >= 15 is 0 Å². The Morgan fingerprint density at radius 3 is 2.70 bits per heavy atom. The van der Waals surface area contributed by atoms with Crippen molar-refractivity contribution in [3.05, 3.63) is 30.1 Å². The van der Waals surface area contributed by atoms with Crippen LogP contribution in [0.25, 0.3) is 0 Å². The molecule has 0 aliphatic heterocycles. The maximum atomic E-state index is 12.3. The molecular weight excluding hydrogens is 256 g/mol. The topological polar surface area (TPSA) is 79.3 Å². The fourth-order valence-electron chi connectivity index (χ4n) is 2.89. The van der Waals surface area contributed by atoms with Crippen LogP contribution in [0, 0.1) is 17.8 Å². The third-order valence-corrected chi connectivity index (χ3v) is 4.00. The quantitative estimate of drug-likeness (QED) is 0.881. The van der Waals surface area contributed by atoms with E-state index in [0.717, 1.165) is 5.56 Å². The molecule has 0 saturated heterocycles. The maximum absolute atomic E-state index is 12.3. The lowest BCUT2D eigenvalue weighted by molar-refractivity contribution is -0.146. The summed E-state index contributed by atoms with van der Waals surface area (Å²) in [6.45, 7) is 3.87. The van der Waals surface area contributed by atoms with Crippen LogP contribution >= 0.6 is 0 Å². The Morgan fingerprint density at radius 1 is 1.40 bits per heavy atom. The van der Waals surface area contributed by atoms with Gasteiger partial charge in [0, 0.05) is 12.4 Å². The van der Waals surface area contributed by atoms with Crippen LogP contribution in [0.5, 0.6) is 0 Å². The van der Waals surface area contributed by atoms with E-state index in [4.69, 9.17) is 0 Å². The maximum Gasteiger partial charge on any atom is 0.307 e. The molecule has 108 valence electrons. The highest BCUT2D eigenvalue weighted by molar-refractivity contribution is 5.85. The standard InChI is InChI=1S/C15H20N2O3/c1-9-6-12(13(7-9)15(19)20)14(18)17-10(2)11-4-3-5-16-8-11/h3-5,8-10,12-13H,6-7H2,1-2H3,(H,17,18)(H,19,20)/t9?,10-,12?,13?/m0/s1. The summed E-state index contributed by atoms with van der Waals surface area (Å²) in [4.78, 5) is 27.5. The second-order valence-electron chi connectivity index (χ2n) is 5.64. The lowest BCUT2D eigenvalue weighted by atomic mass is 9.95. The van der Waals surface area contributed by atoms with E-state index in [1.807, 2.05) is 26.0 Å². The minimum atomic E-state index is -0.872. The van der Waals surface area contributed by atoms with Gasteiger partial charge in [-0.1, -0.05) is 13.0 Å². The number of carbonyl (C=O) groups excluding carboxylic acids is 1. The highest BCUT2D eigenvalue weighted by atomic mass is 16.4. The molecule has 1 aliphatic rings. The normalized spacial score (nSPS) is 27.0. The van der Waals surface area contributed by atoms with Crippen molar-refractivity contribution in [1.82, 2.24) is 10.3 Å². The SMILES string of the molecule is CC1CC(C(=O)O)C(C(=O)N[C@@H](C)c2cccnc2)C1. The van der Waals surface area contributed by atoms with Crippen LogP contribution in [0.2, 0.25) is 0 Å². The van der Waals surface area contributed by atoms with Gasteiger partial charge in [0.1, 0.15) is 0 Å². The molecule has 0 aromatic carbocycles. The number of rotatable bonds is 4. The molecule has 2 N–H and O–H groups in total. The molecule has 5 heteroatoms. The number of carboxylic acids is 1. The molecule has 0 spiro atoms. The Balaban J connectivity index is 2.02. The summed E-state index contributed by atoms with van der Waals surface area (Å²) < 4.78 is 0. The lowest BCUT2D eigenvalue weighted by Crippen LogP contribution is -2.36. The van der Waals surface area contributed by atoms with Crippen molar-refractivity contribution in [2.24, 2.45) is 17.8 Å². The predicted octanol–water partition coefficient (Wildman–Crippen LogP) is 2.01. The zero-order chi connectivity index (χ0) is 14.7. The molecule has 5 nitrogen and oxygen atoms in total. The third kappa shape index (κ3) is 3.15. The number of carbonyl (C=O) groups is 2. The van der Waals surface area contributed by atoms with Crippen molar-refractivity contribution >= 4 is 11.9 Å². The number of pyridine rings is 1. The largest absolute Gasteiger partial charge is 0.481 e. The average molecular weight is 276 g/mol. The van der Waals surface area contributed by atoms with Crippen LogP contribution in [-0.2, 0) is 9.59 Å². The third-order valence-electron chi connectivity index (χ3n) is 4.00. The van der Waals surface area contributed by atoms with Gasteiger partial charge in [0.15, 0.2) is 0 Å². The van der Waals surface area contributed by atoms with Gasteiger partial charge in [-0.3, -0.25) is 14.6 Å². The molecule has 1 fully saturated rings. The number of aliphatic carboxylic acids is 1. The highest BCUT2D eigenvalue weighted by Gasteiger charge is 2.41. The average Bonchev–Trinajstić information content (AvgIpc) is 2.82. The minimum absolute atomic E-state index is 0.165. The van der Waals surface area contributed by atoms with Crippen molar-refractivity contribution < 1.29 is 14.7 Å². The van der Waals surface area contributed by atoms with Gasteiger partial charge in [0.2, 0.25) is 5.91 Å². The van der Waals surface area contributed by atoms with Crippen LogP contribution in [0.1, 0.15) is 38.3 Å². The molecule has 1 saturated carbocycles. The van der Waals surface area contributed by atoms with Crippen LogP contribution < -0.4 is 5.32 Å². The Hall–Kier alpha value is -1.91. The molecular formula is C15H20N2O3. The first-order valence-corrected chi connectivity index (χ1v) is 6.92. The van der Waals surface area contributed by atoms with Gasteiger partial charge < -0.3 is 10.4 Å². The minimum Gasteiger partial charge on any atom is -0.481 e. The number of carboxylic acid groups (broad SMARTS) is 1. The number of hydrogen-bond acceptors (Lipinski definition) is 3. The number of hydrogen-bond donors (Lipinski definition) is 2. The highest BCUT2D eigenvalue weighted by Crippen LogP contribution is 2.36. The smallest absolute Gasteiger partial charge is 0.307 e. The summed E-state index contributed by atoms with van der Waals surface area (Å²) in [5.74, 6) is -1.75. The van der Waals surface area contributed by atoms with Gasteiger partial charge in [-0.25, -0.2) is 0 Å². The molecule has 1 heterocycles. The molecule has 4 atom stereocenters. The van der Waals surface area contributed by atoms with E-state index in [2.05, 4.69) is 10.3 Å². The molecule has 1 aromatic heterocycles. The number of aromatic nitrogens is 1. The Bertz CT molecular complexity index is 489. The summed E-state index contributed by atoms with van der Waals surface area (Å²) in [7, 11) is 0. The van der Waals surface area contributed by atoms with Crippen LogP contribution in [-0.4, -0.2) is 22.0 Å². The van der Waals surface area contributed by atoms with Crippen molar-refractivity contribution in [2.45, 2.75) is 32.7 Å². The van der Waals surface area contributed by atoms with E-state index in [0.29, 0.717) is 12.8 Å². The predicted molar refractivity (Wildman–Crippen MR) is 73.8 cm³/mol. The second kappa shape index (κ2) is 6.03. The second-order valence-corrected chi connectivity index (χ2v) is 5.64. The van der Waals surface area contributed by atoms with E-state index < -0.39 is 17.8 Å². The van der Waals surface area contributed by atoms with Gasteiger partial charge in [0.25, 0.3) is 0 Å². The van der Waals surface area contributed by atoms with E-state index in [1.165, 1.54) is 0 Å². The fraction of sp³-hybridized carbons (Fsp3) is 0.533. The van der Waals surface area contributed by atoms with Crippen molar-refractivity contribution in [3.63, 3.8) is 0 Å². The fourth-order valence-corrected chi connectivity index (χ4v) is 2.89. The summed E-state index contributed by atoms with van der Waals surface area (Å²) in [6.07, 6.45) is 4.60. The summed E-state index contributed by atoms with van der Waals surface area (Å²) >= 11 is 0. The molecule has 0 bridgehead atoms. The zero-order valence-corrected chi connectivity index (χ0v) is 11.7. The van der Waals surface area contributed by atoms with Gasteiger partial charge in [-0.05, 0) is 37.3 Å². The van der Waals surface area contributed by atoms with Gasteiger partial charge in [-0.15, -0.1) is 0 Å². The van der Waals surface area contributed by atoms with Crippen molar-refractivity contribution in [3.8, 4) is 0 Å². The monoisotopic (exact) mass is 276 g/mol. The Kier molecular flexibility index (Phi) is 4.37. The summed E-state index contributed by atoms with van der Waals surface area (Å²) in [5.41, 5.74) is 0.916. The first kappa shape index (κ1) is 14.5. The van der Waals surface area contributed by atoms with Gasteiger partial charge in [0.05, 0.1) is 17.9 Å². The van der Waals surface area contributed by atoms with E-state index in [1.54, 1.807) is 12.4 Å². The summed E-state index contributed by atoms with van der Waals surface area (Å²) in [5, 5.41) is 12.1.